The van der Waals surface area contributed by atoms with Gasteiger partial charge in [0.1, 0.15) is 4.99 Å². The summed E-state index contributed by atoms with van der Waals surface area (Å²) < 4.78 is 0.780. The minimum absolute atomic E-state index is 0.360. The number of halogens is 1. The van der Waals surface area contributed by atoms with Gasteiger partial charge >= 0.3 is 0 Å². The number of nitrogens with two attached hydrogens (primary N) is 1. The highest BCUT2D eigenvalue weighted by Crippen LogP contribution is 2.23. The van der Waals surface area contributed by atoms with E-state index in [1.807, 2.05) is 12.1 Å². The van der Waals surface area contributed by atoms with Crippen LogP contribution < -0.4 is 11.1 Å². The molecule has 88 valence electrons. The Labute approximate surface area is 114 Å². The van der Waals surface area contributed by atoms with Gasteiger partial charge in [-0.2, -0.15) is 0 Å². The summed E-state index contributed by atoms with van der Waals surface area (Å²) in [6.45, 7) is 0.679. The van der Waals surface area contributed by atoms with Gasteiger partial charge in [0.05, 0.1) is 16.2 Å². The van der Waals surface area contributed by atoms with Crippen LogP contribution in [-0.2, 0) is 6.54 Å². The van der Waals surface area contributed by atoms with E-state index in [2.05, 4.69) is 10.3 Å². The largest absolute Gasteiger partial charge is 0.389 e. The number of nitrogens with zero attached hydrogens (tertiary/aromatic N) is 1. The van der Waals surface area contributed by atoms with Gasteiger partial charge in [-0.05, 0) is 18.2 Å². The standard InChI is InChI=1S/C11H10ClN3S2/c12-10-2-1-7(17-10)5-15-9-6-14-4-3-8(9)11(13)16/h1-4,6,15H,5H2,(H2,13,16). The maximum Gasteiger partial charge on any atom is 0.106 e. The minimum atomic E-state index is 0.360. The Morgan fingerprint density at radius 1 is 1.47 bits per heavy atom. The van der Waals surface area contributed by atoms with E-state index < -0.39 is 0 Å². The number of hydrogen-bond donors (Lipinski definition) is 2. The molecule has 0 unspecified atom stereocenters. The molecule has 0 aromatic carbocycles. The zero-order valence-corrected chi connectivity index (χ0v) is 11.2. The van der Waals surface area contributed by atoms with Crippen molar-refractivity contribution in [2.75, 3.05) is 5.32 Å². The molecule has 2 rings (SSSR count). The van der Waals surface area contributed by atoms with E-state index in [0.717, 1.165) is 20.5 Å². The summed E-state index contributed by atoms with van der Waals surface area (Å²) in [7, 11) is 0. The first-order valence-corrected chi connectivity index (χ1v) is 6.49. The third-order valence-electron chi connectivity index (χ3n) is 2.17. The van der Waals surface area contributed by atoms with Crippen LogP contribution in [0.2, 0.25) is 4.34 Å². The van der Waals surface area contributed by atoms with Crippen LogP contribution in [0.25, 0.3) is 0 Å². The molecule has 0 spiro atoms. The predicted molar refractivity (Wildman–Crippen MR) is 76.8 cm³/mol. The highest BCUT2D eigenvalue weighted by Gasteiger charge is 2.05. The summed E-state index contributed by atoms with van der Waals surface area (Å²) in [5, 5.41) is 3.25. The summed E-state index contributed by atoms with van der Waals surface area (Å²) in [4.78, 5) is 5.55. The zero-order valence-electron chi connectivity index (χ0n) is 8.81. The van der Waals surface area contributed by atoms with Crippen molar-refractivity contribution < 1.29 is 0 Å². The maximum absolute atomic E-state index is 5.86. The quantitative estimate of drug-likeness (QED) is 0.847. The second kappa shape index (κ2) is 5.44. The van der Waals surface area contributed by atoms with Crippen LogP contribution in [0.4, 0.5) is 5.69 Å². The first kappa shape index (κ1) is 12.3. The molecule has 3 nitrogen and oxygen atoms in total. The fourth-order valence-electron chi connectivity index (χ4n) is 1.38. The molecule has 0 aliphatic rings. The van der Waals surface area contributed by atoms with Gasteiger partial charge in [-0.3, -0.25) is 4.98 Å². The van der Waals surface area contributed by atoms with Crippen molar-refractivity contribution in [2.45, 2.75) is 6.54 Å². The van der Waals surface area contributed by atoms with Crippen LogP contribution >= 0.6 is 35.2 Å². The Bertz CT molecular complexity index is 539. The van der Waals surface area contributed by atoms with E-state index in [0.29, 0.717) is 11.5 Å². The fourth-order valence-corrected chi connectivity index (χ4v) is 2.58. The van der Waals surface area contributed by atoms with Crippen molar-refractivity contribution in [3.05, 3.63) is 45.4 Å². The fraction of sp³-hybridized carbons (Fsp3) is 0.0909. The van der Waals surface area contributed by atoms with Gasteiger partial charge in [0.2, 0.25) is 0 Å². The number of rotatable bonds is 4. The van der Waals surface area contributed by atoms with Gasteiger partial charge in [0.15, 0.2) is 0 Å². The topological polar surface area (TPSA) is 50.9 Å². The summed E-state index contributed by atoms with van der Waals surface area (Å²) in [5.74, 6) is 0. The van der Waals surface area contributed by atoms with Crippen molar-refractivity contribution in [1.82, 2.24) is 4.98 Å². The molecule has 0 bridgehead atoms. The van der Waals surface area contributed by atoms with Crippen molar-refractivity contribution in [3.8, 4) is 0 Å². The molecule has 2 aromatic heterocycles. The lowest BCUT2D eigenvalue weighted by molar-refractivity contribution is 1.17. The lowest BCUT2D eigenvalue weighted by Crippen LogP contribution is -2.13. The first-order valence-electron chi connectivity index (χ1n) is 4.88. The normalized spacial score (nSPS) is 10.2. The minimum Gasteiger partial charge on any atom is -0.389 e. The predicted octanol–water partition coefficient (Wildman–Crippen LogP) is 3.04. The summed E-state index contributed by atoms with van der Waals surface area (Å²) in [6, 6.07) is 5.66. The third kappa shape index (κ3) is 3.15. The average molecular weight is 284 g/mol. The van der Waals surface area contributed by atoms with Gasteiger partial charge < -0.3 is 11.1 Å². The molecular weight excluding hydrogens is 274 g/mol. The lowest BCUT2D eigenvalue weighted by atomic mass is 10.2. The van der Waals surface area contributed by atoms with Crippen molar-refractivity contribution in [3.63, 3.8) is 0 Å². The van der Waals surface area contributed by atoms with Gasteiger partial charge in [0, 0.05) is 23.2 Å². The molecule has 0 saturated heterocycles. The monoisotopic (exact) mass is 283 g/mol. The van der Waals surface area contributed by atoms with Crippen molar-refractivity contribution >= 4 is 45.8 Å². The number of hydrogen-bond acceptors (Lipinski definition) is 4. The summed E-state index contributed by atoms with van der Waals surface area (Å²) in [5.41, 5.74) is 7.27. The molecule has 17 heavy (non-hydrogen) atoms. The number of thiophene rings is 1. The maximum atomic E-state index is 5.86. The molecule has 0 amide bonds. The molecule has 0 aliphatic heterocycles. The Morgan fingerprint density at radius 2 is 2.29 bits per heavy atom. The van der Waals surface area contributed by atoms with Crippen LogP contribution in [0.1, 0.15) is 10.4 Å². The van der Waals surface area contributed by atoms with E-state index in [9.17, 15) is 0 Å². The second-order valence-corrected chi connectivity index (χ2v) is 5.58. The van der Waals surface area contributed by atoms with Crippen LogP contribution in [0, 0.1) is 0 Å². The highest BCUT2D eigenvalue weighted by atomic mass is 35.5. The van der Waals surface area contributed by atoms with Gasteiger partial charge in [-0.1, -0.05) is 23.8 Å². The Kier molecular flexibility index (Phi) is 3.93. The Hall–Kier alpha value is -1.17. The van der Waals surface area contributed by atoms with E-state index >= 15 is 0 Å². The van der Waals surface area contributed by atoms with E-state index in [1.165, 1.54) is 11.3 Å². The zero-order chi connectivity index (χ0) is 12.3. The summed E-state index contributed by atoms with van der Waals surface area (Å²) >= 11 is 12.4. The van der Waals surface area contributed by atoms with Crippen molar-refractivity contribution in [2.24, 2.45) is 5.73 Å². The number of nitrogens with one attached hydrogen (secondary N) is 1. The van der Waals surface area contributed by atoms with Crippen LogP contribution in [0.5, 0.6) is 0 Å². The van der Waals surface area contributed by atoms with E-state index in [1.54, 1.807) is 18.5 Å². The molecule has 0 radical (unpaired) electrons. The third-order valence-corrected chi connectivity index (χ3v) is 3.62. The molecule has 0 saturated carbocycles. The summed E-state index contributed by atoms with van der Waals surface area (Å²) in [6.07, 6.45) is 3.38. The van der Waals surface area contributed by atoms with E-state index in [4.69, 9.17) is 29.6 Å². The Balaban J connectivity index is 2.11. The molecule has 6 heteroatoms. The number of pyridine rings is 1. The highest BCUT2D eigenvalue weighted by molar-refractivity contribution is 7.80. The van der Waals surface area contributed by atoms with Gasteiger partial charge in [0.25, 0.3) is 0 Å². The van der Waals surface area contributed by atoms with Gasteiger partial charge in [-0.25, -0.2) is 0 Å². The van der Waals surface area contributed by atoms with Crippen LogP contribution in [-0.4, -0.2) is 9.97 Å². The molecule has 2 aromatic rings. The SMILES string of the molecule is NC(=S)c1ccncc1NCc1ccc(Cl)s1. The molecule has 3 N–H and O–H groups in total. The number of anilines is 1. The smallest absolute Gasteiger partial charge is 0.106 e. The molecule has 0 aliphatic carbocycles. The van der Waals surface area contributed by atoms with Crippen LogP contribution in [0.3, 0.4) is 0 Å². The average Bonchev–Trinajstić information content (AvgIpc) is 2.73. The lowest BCUT2D eigenvalue weighted by Gasteiger charge is -2.09. The molecule has 0 atom stereocenters. The molecule has 2 heterocycles. The van der Waals surface area contributed by atoms with Gasteiger partial charge in [-0.15, -0.1) is 11.3 Å². The molecule has 0 fully saturated rings. The number of aromatic nitrogens is 1. The second-order valence-electron chi connectivity index (χ2n) is 3.34. The van der Waals surface area contributed by atoms with E-state index in [-0.39, 0.29) is 0 Å². The Morgan fingerprint density at radius 3 is 2.94 bits per heavy atom. The molecular formula is C11H10ClN3S2. The first-order chi connectivity index (χ1) is 8.16. The van der Waals surface area contributed by atoms with Crippen LogP contribution in [0.15, 0.2) is 30.6 Å². The van der Waals surface area contributed by atoms with Crippen molar-refractivity contribution in [1.29, 1.82) is 0 Å². The number of thiocarbonyl (C=S) groups is 1.